The topological polar surface area (TPSA) is 0 Å². The number of halogens is 1. The molecule has 0 saturated heterocycles. The lowest BCUT2D eigenvalue weighted by Crippen LogP contribution is -2.18. The molecule has 0 nitrogen and oxygen atoms in total. The number of hydrogen-bond donors (Lipinski definition) is 0. The molecule has 0 heterocycles. The smallest absolute Gasteiger partial charge is 0.0905 e. The molecule has 2 atom stereocenters. The Morgan fingerprint density at radius 1 is 0.762 bits per heavy atom. The highest BCUT2D eigenvalue weighted by Gasteiger charge is 2.22. The number of hydrogen-bond acceptors (Lipinski definition) is 2. The molecule has 128 valence electrons. The highest BCUT2D eigenvalue weighted by molar-refractivity contribution is 8.77. The summed E-state index contributed by atoms with van der Waals surface area (Å²) in [6.45, 7) is 8.84. The van der Waals surface area contributed by atoms with Crippen LogP contribution in [0.2, 0.25) is 0 Å². The van der Waals surface area contributed by atoms with Crippen molar-refractivity contribution in [3.63, 3.8) is 0 Å². The molecule has 0 spiro atoms. The van der Waals surface area contributed by atoms with Gasteiger partial charge in [0, 0.05) is 10.5 Å². The van der Waals surface area contributed by atoms with E-state index in [1.165, 1.54) is 57.8 Å². The largest absolute Gasteiger partial charge is 0.251 e. The predicted molar refractivity (Wildman–Crippen MR) is 101 cm³/mol. The van der Waals surface area contributed by atoms with Gasteiger partial charge in [-0.15, -0.1) is 0 Å². The molecule has 1 unspecified atom stereocenters. The van der Waals surface area contributed by atoms with E-state index < -0.39 is 0 Å². The Morgan fingerprint density at radius 3 is 1.86 bits per heavy atom. The minimum absolute atomic E-state index is 0.157. The zero-order valence-electron chi connectivity index (χ0n) is 14.7. The van der Waals surface area contributed by atoms with Crippen molar-refractivity contribution in [1.82, 2.24) is 0 Å². The van der Waals surface area contributed by atoms with Crippen LogP contribution in [0.1, 0.15) is 91.9 Å². The molecule has 0 bridgehead atoms. The third-order valence-corrected chi connectivity index (χ3v) is 7.49. The molecule has 21 heavy (non-hydrogen) atoms. The van der Waals surface area contributed by atoms with Crippen LogP contribution in [-0.4, -0.2) is 17.2 Å². The summed E-state index contributed by atoms with van der Waals surface area (Å²) in [6.07, 6.45) is 12.6. The van der Waals surface area contributed by atoms with Crippen LogP contribution in [0, 0.1) is 5.92 Å². The summed E-state index contributed by atoms with van der Waals surface area (Å²) in [5.74, 6) is 0.723. The summed E-state index contributed by atoms with van der Waals surface area (Å²) in [7, 11) is 3.90. The molecule has 0 rings (SSSR count). The normalized spacial score (nSPS) is 14.6. The van der Waals surface area contributed by atoms with Crippen molar-refractivity contribution >= 4 is 21.6 Å². The van der Waals surface area contributed by atoms with Crippen molar-refractivity contribution in [2.24, 2.45) is 5.92 Å². The summed E-state index contributed by atoms with van der Waals surface area (Å²) < 4.78 is 12.9. The van der Waals surface area contributed by atoms with E-state index in [0.29, 0.717) is 10.5 Å². The van der Waals surface area contributed by atoms with Gasteiger partial charge in [-0.25, -0.2) is 0 Å². The quantitative estimate of drug-likeness (QED) is 0.222. The van der Waals surface area contributed by atoms with E-state index in [1.54, 1.807) is 0 Å². The Morgan fingerprint density at radius 2 is 1.33 bits per heavy atom. The van der Waals surface area contributed by atoms with E-state index in [1.807, 2.05) is 21.6 Å². The molecule has 0 saturated carbocycles. The first-order valence-corrected chi connectivity index (χ1v) is 11.3. The monoisotopic (exact) mass is 336 g/mol. The van der Waals surface area contributed by atoms with Gasteiger partial charge in [-0.1, -0.05) is 94.2 Å². The standard InChI is InChI=1S/C18H37FS2/c1-5-7-9-11-13-17(12-10-8-6-2)18(14-15-19)21-20-16(3)4/h16-18H,5-15H2,1-4H3/t17?,18-/m0/s1. The molecule has 0 N–H and O–H groups in total. The molecule has 0 fully saturated rings. The van der Waals surface area contributed by atoms with Crippen molar-refractivity contribution in [3.8, 4) is 0 Å². The fraction of sp³-hybridized carbons (Fsp3) is 1.00. The third-order valence-electron chi connectivity index (χ3n) is 3.90. The van der Waals surface area contributed by atoms with E-state index in [-0.39, 0.29) is 6.67 Å². The summed E-state index contributed by atoms with van der Waals surface area (Å²) in [4.78, 5) is 0. The zero-order chi connectivity index (χ0) is 15.9. The second-order valence-electron chi connectivity index (χ2n) is 6.36. The lowest BCUT2D eigenvalue weighted by molar-refractivity contribution is 0.360. The van der Waals surface area contributed by atoms with Crippen LogP contribution in [0.5, 0.6) is 0 Å². The van der Waals surface area contributed by atoms with Gasteiger partial charge in [-0.2, -0.15) is 0 Å². The number of unbranched alkanes of at least 4 members (excludes halogenated alkanes) is 5. The molecule has 0 aromatic rings. The summed E-state index contributed by atoms with van der Waals surface area (Å²) in [5, 5.41) is 1.15. The van der Waals surface area contributed by atoms with Crippen LogP contribution in [0.3, 0.4) is 0 Å². The fourth-order valence-electron chi connectivity index (χ4n) is 2.66. The minimum Gasteiger partial charge on any atom is -0.251 e. The van der Waals surface area contributed by atoms with Gasteiger partial charge < -0.3 is 0 Å². The average molecular weight is 337 g/mol. The van der Waals surface area contributed by atoms with E-state index in [4.69, 9.17) is 0 Å². The number of rotatable bonds is 15. The van der Waals surface area contributed by atoms with Gasteiger partial charge in [-0.05, 0) is 25.2 Å². The van der Waals surface area contributed by atoms with Crippen LogP contribution in [-0.2, 0) is 0 Å². The van der Waals surface area contributed by atoms with Crippen LogP contribution in [0.15, 0.2) is 0 Å². The maximum absolute atomic E-state index is 12.9. The Bertz CT molecular complexity index is 209. The SMILES string of the molecule is CCCCCCC(CCCCC)[C@H](CCF)SSC(C)C. The van der Waals surface area contributed by atoms with Gasteiger partial charge >= 0.3 is 0 Å². The Hall–Kier alpha value is 0.630. The molecule has 0 aliphatic rings. The second kappa shape index (κ2) is 15.5. The number of alkyl halides is 1. The molecular formula is C18H37FS2. The van der Waals surface area contributed by atoms with Gasteiger partial charge in [0.15, 0.2) is 0 Å². The second-order valence-corrected chi connectivity index (χ2v) is 9.45. The van der Waals surface area contributed by atoms with Gasteiger partial charge in [0.05, 0.1) is 6.67 Å². The van der Waals surface area contributed by atoms with Gasteiger partial charge in [0.2, 0.25) is 0 Å². The first kappa shape index (κ1) is 21.6. The van der Waals surface area contributed by atoms with Crippen LogP contribution < -0.4 is 0 Å². The Balaban J connectivity index is 4.35. The predicted octanol–water partition coefficient (Wildman–Crippen LogP) is 7.67. The molecule has 3 heteroatoms. The Labute approximate surface area is 141 Å². The maximum atomic E-state index is 12.9. The van der Waals surface area contributed by atoms with Crippen molar-refractivity contribution in [2.45, 2.75) is 102 Å². The van der Waals surface area contributed by atoms with Crippen molar-refractivity contribution in [2.75, 3.05) is 6.67 Å². The molecular weight excluding hydrogens is 299 g/mol. The first-order valence-electron chi connectivity index (χ1n) is 9.03. The van der Waals surface area contributed by atoms with E-state index in [9.17, 15) is 4.39 Å². The summed E-state index contributed by atoms with van der Waals surface area (Å²) in [6, 6.07) is 0. The molecule has 0 amide bonds. The van der Waals surface area contributed by atoms with Crippen molar-refractivity contribution in [3.05, 3.63) is 0 Å². The van der Waals surface area contributed by atoms with Gasteiger partial charge in [-0.3, -0.25) is 4.39 Å². The molecule has 0 radical (unpaired) electrons. The molecule has 0 aliphatic heterocycles. The lowest BCUT2D eigenvalue weighted by Gasteiger charge is -2.26. The van der Waals surface area contributed by atoms with Crippen LogP contribution in [0.4, 0.5) is 4.39 Å². The highest BCUT2D eigenvalue weighted by atomic mass is 33.1. The lowest BCUT2D eigenvalue weighted by atomic mass is 9.90. The average Bonchev–Trinajstić information content (AvgIpc) is 2.46. The van der Waals surface area contributed by atoms with E-state index >= 15 is 0 Å². The highest BCUT2D eigenvalue weighted by Crippen LogP contribution is 2.39. The fourth-order valence-corrected chi connectivity index (χ4v) is 5.49. The molecule has 0 aliphatic carbocycles. The van der Waals surface area contributed by atoms with E-state index in [0.717, 1.165) is 12.3 Å². The third kappa shape index (κ3) is 12.8. The molecule has 0 aromatic heterocycles. The molecule has 0 aromatic carbocycles. The maximum Gasteiger partial charge on any atom is 0.0905 e. The van der Waals surface area contributed by atoms with Crippen LogP contribution in [0.25, 0.3) is 0 Å². The zero-order valence-corrected chi connectivity index (χ0v) is 16.3. The van der Waals surface area contributed by atoms with E-state index in [2.05, 4.69) is 27.7 Å². The minimum atomic E-state index is -0.157. The van der Waals surface area contributed by atoms with Crippen molar-refractivity contribution in [1.29, 1.82) is 0 Å². The van der Waals surface area contributed by atoms with Gasteiger partial charge in [0.1, 0.15) is 0 Å². The van der Waals surface area contributed by atoms with Crippen molar-refractivity contribution < 1.29 is 4.39 Å². The summed E-state index contributed by atoms with van der Waals surface area (Å²) in [5.41, 5.74) is 0. The van der Waals surface area contributed by atoms with Crippen LogP contribution >= 0.6 is 21.6 Å². The first-order chi connectivity index (χ1) is 10.2. The summed E-state index contributed by atoms with van der Waals surface area (Å²) >= 11 is 0. The Kier molecular flexibility index (Phi) is 16.0. The van der Waals surface area contributed by atoms with Gasteiger partial charge in [0.25, 0.3) is 0 Å².